The highest BCUT2D eigenvalue weighted by molar-refractivity contribution is 7.80. The van der Waals surface area contributed by atoms with E-state index < -0.39 is 5.97 Å². The van der Waals surface area contributed by atoms with E-state index in [2.05, 4.69) is 10.3 Å². The molecule has 0 bridgehead atoms. The lowest BCUT2D eigenvalue weighted by Crippen LogP contribution is -2.29. The molecule has 2 N–H and O–H groups in total. The van der Waals surface area contributed by atoms with Crippen molar-refractivity contribution in [3.8, 4) is 11.3 Å². The second-order valence-corrected chi connectivity index (χ2v) is 8.27. The summed E-state index contributed by atoms with van der Waals surface area (Å²) in [6, 6.07) is 23.9. The van der Waals surface area contributed by atoms with E-state index in [1.807, 2.05) is 60.4 Å². The highest BCUT2D eigenvalue weighted by Gasteiger charge is 2.42. The molecule has 1 aliphatic rings. The average molecular weight is 456 g/mol. The summed E-state index contributed by atoms with van der Waals surface area (Å²) in [6.07, 6.45) is 1.75. The number of carbonyl (C=O) groups is 1. The Bertz CT molecular complexity index is 1320. The van der Waals surface area contributed by atoms with Crippen LogP contribution in [0.4, 0.5) is 5.69 Å². The van der Waals surface area contributed by atoms with Gasteiger partial charge in [-0.25, -0.2) is 4.79 Å². The number of hydrogen-bond acceptors (Lipinski definition) is 4. The molecule has 0 spiro atoms. The summed E-state index contributed by atoms with van der Waals surface area (Å²) in [4.78, 5) is 18.3. The first-order valence-electron chi connectivity index (χ1n) is 10.5. The number of anilines is 1. The lowest BCUT2D eigenvalue weighted by atomic mass is 10.0. The number of pyridine rings is 1. The van der Waals surface area contributed by atoms with Crippen LogP contribution in [0.15, 0.2) is 89.5 Å². The highest BCUT2D eigenvalue weighted by atomic mass is 32.1. The first kappa shape index (κ1) is 20.9. The van der Waals surface area contributed by atoms with Crippen molar-refractivity contribution >= 4 is 29.0 Å². The van der Waals surface area contributed by atoms with E-state index in [1.54, 1.807) is 36.5 Å². The van der Waals surface area contributed by atoms with Crippen molar-refractivity contribution < 1.29 is 14.3 Å². The summed E-state index contributed by atoms with van der Waals surface area (Å²) in [5.41, 5.74) is 3.64. The number of rotatable bonds is 5. The summed E-state index contributed by atoms with van der Waals surface area (Å²) in [5.74, 6) is 0.151. The van der Waals surface area contributed by atoms with Crippen LogP contribution >= 0.6 is 12.2 Å². The fourth-order valence-electron chi connectivity index (χ4n) is 4.17. The van der Waals surface area contributed by atoms with Crippen LogP contribution in [0.2, 0.25) is 0 Å². The first-order valence-corrected chi connectivity index (χ1v) is 10.9. The molecular formula is C26H21N3O3S. The van der Waals surface area contributed by atoms with Gasteiger partial charge in [0, 0.05) is 17.4 Å². The third-order valence-corrected chi connectivity index (χ3v) is 6.07. The van der Waals surface area contributed by atoms with Crippen molar-refractivity contribution in [1.82, 2.24) is 10.3 Å². The van der Waals surface area contributed by atoms with Crippen molar-refractivity contribution in [2.45, 2.75) is 19.0 Å². The third-order valence-electron chi connectivity index (χ3n) is 5.75. The molecule has 3 heterocycles. The highest BCUT2D eigenvalue weighted by Crippen LogP contribution is 2.43. The zero-order valence-corrected chi connectivity index (χ0v) is 18.6. The molecule has 2 aromatic carbocycles. The van der Waals surface area contributed by atoms with Gasteiger partial charge in [-0.05, 0) is 61.6 Å². The summed E-state index contributed by atoms with van der Waals surface area (Å²) in [7, 11) is 0. The predicted octanol–water partition coefficient (Wildman–Crippen LogP) is 5.53. The summed E-state index contributed by atoms with van der Waals surface area (Å²) >= 11 is 5.73. The molecule has 1 fully saturated rings. The monoisotopic (exact) mass is 455 g/mol. The van der Waals surface area contributed by atoms with Crippen LogP contribution in [-0.2, 0) is 0 Å². The Morgan fingerprint density at radius 2 is 1.79 bits per heavy atom. The van der Waals surface area contributed by atoms with Gasteiger partial charge >= 0.3 is 5.97 Å². The minimum Gasteiger partial charge on any atom is -0.478 e. The molecule has 0 saturated carbocycles. The fourth-order valence-corrected chi connectivity index (χ4v) is 4.51. The number of aromatic carboxylic acids is 1. The van der Waals surface area contributed by atoms with E-state index >= 15 is 0 Å². The van der Waals surface area contributed by atoms with Crippen molar-refractivity contribution in [3.63, 3.8) is 0 Å². The van der Waals surface area contributed by atoms with E-state index in [0.29, 0.717) is 22.2 Å². The summed E-state index contributed by atoms with van der Waals surface area (Å²) in [6.45, 7) is 2.04. The fraction of sp³-hybridized carbons (Fsp3) is 0.115. The van der Waals surface area contributed by atoms with Crippen molar-refractivity contribution in [1.29, 1.82) is 0 Å². The second kappa shape index (κ2) is 8.52. The summed E-state index contributed by atoms with van der Waals surface area (Å²) in [5, 5.41) is 13.6. The van der Waals surface area contributed by atoms with E-state index in [1.165, 1.54) is 0 Å². The van der Waals surface area contributed by atoms with E-state index in [0.717, 1.165) is 16.9 Å². The zero-order chi connectivity index (χ0) is 22.9. The Kier molecular flexibility index (Phi) is 5.40. The molecule has 1 saturated heterocycles. The van der Waals surface area contributed by atoms with Gasteiger partial charge in [0.2, 0.25) is 0 Å². The SMILES string of the molecule is Cc1ccc(N2C(=S)N[C@H](c3ccccn3)[C@H]2c2ccc(-c3ccccc3C(=O)O)o2)cc1. The standard InChI is InChI=1S/C26H21N3O3S/c1-16-9-11-17(12-10-16)29-24(23(28-26(29)33)20-8-4-5-15-27-20)22-14-13-21(32-22)18-6-2-3-7-19(18)25(30)31/h2-15,23-24H,1H3,(H,28,33)(H,30,31)/t23-,24-/m1/s1. The quantitative estimate of drug-likeness (QED) is 0.383. The molecule has 0 radical (unpaired) electrons. The molecule has 2 aromatic heterocycles. The van der Waals surface area contributed by atoms with Crippen molar-refractivity contribution in [2.24, 2.45) is 0 Å². The van der Waals surface area contributed by atoms with E-state index in [-0.39, 0.29) is 17.6 Å². The van der Waals surface area contributed by atoms with Gasteiger partial charge in [-0.3, -0.25) is 4.98 Å². The Morgan fingerprint density at radius 1 is 1.03 bits per heavy atom. The predicted molar refractivity (Wildman–Crippen MR) is 130 cm³/mol. The van der Waals surface area contributed by atoms with Gasteiger partial charge in [0.05, 0.1) is 17.3 Å². The molecule has 164 valence electrons. The van der Waals surface area contributed by atoms with Crippen molar-refractivity contribution in [2.75, 3.05) is 4.90 Å². The van der Waals surface area contributed by atoms with Crippen LogP contribution < -0.4 is 10.2 Å². The third kappa shape index (κ3) is 3.87. The lowest BCUT2D eigenvalue weighted by Gasteiger charge is -2.26. The Hall–Kier alpha value is -3.97. The van der Waals surface area contributed by atoms with E-state index in [9.17, 15) is 9.90 Å². The van der Waals surface area contributed by atoms with Crippen LogP contribution in [0.5, 0.6) is 0 Å². The van der Waals surface area contributed by atoms with Crippen LogP contribution in [0, 0.1) is 6.92 Å². The zero-order valence-electron chi connectivity index (χ0n) is 17.8. The average Bonchev–Trinajstić information content (AvgIpc) is 3.45. The van der Waals surface area contributed by atoms with Gasteiger partial charge in [-0.1, -0.05) is 42.0 Å². The largest absolute Gasteiger partial charge is 0.478 e. The maximum absolute atomic E-state index is 11.7. The molecule has 2 atom stereocenters. The molecule has 5 rings (SSSR count). The van der Waals surface area contributed by atoms with Crippen molar-refractivity contribution in [3.05, 3.63) is 108 Å². The van der Waals surface area contributed by atoms with Gasteiger partial charge in [0.1, 0.15) is 17.6 Å². The number of benzene rings is 2. The second-order valence-electron chi connectivity index (χ2n) is 7.88. The number of aryl methyl sites for hydroxylation is 1. The molecule has 7 heteroatoms. The Labute approximate surface area is 196 Å². The van der Waals surface area contributed by atoms with Gasteiger partial charge in [-0.15, -0.1) is 0 Å². The molecule has 4 aromatic rings. The number of furan rings is 1. The van der Waals surface area contributed by atoms with Crippen LogP contribution in [0.3, 0.4) is 0 Å². The molecular weight excluding hydrogens is 434 g/mol. The van der Waals surface area contributed by atoms with Gasteiger partial charge in [-0.2, -0.15) is 0 Å². The first-order chi connectivity index (χ1) is 16.0. The molecule has 1 aliphatic heterocycles. The number of hydrogen-bond donors (Lipinski definition) is 2. The summed E-state index contributed by atoms with van der Waals surface area (Å²) < 4.78 is 6.29. The maximum Gasteiger partial charge on any atom is 0.336 e. The van der Waals surface area contributed by atoms with Crippen LogP contribution in [-0.4, -0.2) is 21.2 Å². The molecule has 0 unspecified atom stereocenters. The molecule has 33 heavy (non-hydrogen) atoms. The molecule has 6 nitrogen and oxygen atoms in total. The number of aromatic nitrogens is 1. The number of thiocarbonyl (C=S) groups is 1. The Balaban J connectivity index is 1.61. The molecule has 0 amide bonds. The number of nitrogens with one attached hydrogen (secondary N) is 1. The lowest BCUT2D eigenvalue weighted by molar-refractivity contribution is 0.0697. The maximum atomic E-state index is 11.7. The van der Waals surface area contributed by atoms with Crippen LogP contribution in [0.1, 0.15) is 39.5 Å². The normalized spacial score (nSPS) is 17.7. The van der Waals surface area contributed by atoms with Crippen LogP contribution in [0.25, 0.3) is 11.3 Å². The minimum absolute atomic E-state index is 0.190. The number of carboxylic acid groups (broad SMARTS) is 1. The molecule has 0 aliphatic carbocycles. The van der Waals surface area contributed by atoms with Gasteiger partial charge in [0.15, 0.2) is 5.11 Å². The number of nitrogens with zero attached hydrogens (tertiary/aromatic N) is 2. The van der Waals surface area contributed by atoms with E-state index in [4.69, 9.17) is 16.6 Å². The van der Waals surface area contributed by atoms with Gasteiger partial charge < -0.3 is 19.7 Å². The number of carboxylic acids is 1. The topological polar surface area (TPSA) is 78.6 Å². The minimum atomic E-state index is -1.00. The van der Waals surface area contributed by atoms with Gasteiger partial charge in [0.25, 0.3) is 0 Å². The smallest absolute Gasteiger partial charge is 0.336 e. The Morgan fingerprint density at radius 3 is 2.52 bits per heavy atom.